The summed E-state index contributed by atoms with van der Waals surface area (Å²) < 4.78 is 62.5. The van der Waals surface area contributed by atoms with Crippen molar-refractivity contribution in [1.29, 1.82) is 0 Å². The van der Waals surface area contributed by atoms with Gasteiger partial charge in [0.05, 0.1) is 30.4 Å². The molecule has 3 aliphatic heterocycles. The molecule has 18 nitrogen and oxygen atoms in total. The van der Waals surface area contributed by atoms with E-state index in [0.717, 1.165) is 14.5 Å². The van der Waals surface area contributed by atoms with Gasteiger partial charge in [-0.05, 0) is 56.5 Å². The highest BCUT2D eigenvalue weighted by atomic mass is 32.2. The van der Waals surface area contributed by atoms with E-state index in [1.165, 1.54) is 35.4 Å². The van der Waals surface area contributed by atoms with Gasteiger partial charge in [0.1, 0.15) is 24.5 Å². The lowest BCUT2D eigenvalue weighted by Gasteiger charge is -2.43. The Kier molecular flexibility index (Phi) is 12.5. The van der Waals surface area contributed by atoms with E-state index >= 15 is 0 Å². The molecule has 4 N–H and O–H groups in total. The van der Waals surface area contributed by atoms with E-state index in [2.05, 4.69) is 20.8 Å². The van der Waals surface area contributed by atoms with Crippen LogP contribution in [-0.2, 0) is 45.7 Å². The second-order valence-corrected chi connectivity index (χ2v) is 29.7. The Morgan fingerprint density at radius 3 is 1.86 bits per heavy atom. The third kappa shape index (κ3) is 8.35. The number of aryl methyl sites for hydroxylation is 2. The number of hydrogen-bond donors (Lipinski definition) is 3. The lowest BCUT2D eigenvalue weighted by Crippen LogP contribution is -2.59. The van der Waals surface area contributed by atoms with Crippen LogP contribution in [0.15, 0.2) is 42.7 Å². The molecule has 2 aromatic rings. The summed E-state index contributed by atoms with van der Waals surface area (Å²) in [5, 5.41) is 20.0. The molecule has 0 aliphatic carbocycles. The molecular formula is C37H61N5O13SSi2. The van der Waals surface area contributed by atoms with Crippen molar-refractivity contribution in [3.05, 3.63) is 76.3 Å². The Hall–Kier alpha value is -3.00. The van der Waals surface area contributed by atoms with E-state index in [1.54, 1.807) is 0 Å². The first kappa shape index (κ1) is 46.1. The average molecular weight is 872 g/mol. The highest BCUT2D eigenvalue weighted by Gasteiger charge is 2.67. The molecule has 58 heavy (non-hydrogen) atoms. The summed E-state index contributed by atoms with van der Waals surface area (Å²) >= 11 is 0. The van der Waals surface area contributed by atoms with Gasteiger partial charge in [0.15, 0.2) is 28.5 Å². The Balaban J connectivity index is 1.57. The normalized spacial score (nSPS) is 27.8. The van der Waals surface area contributed by atoms with Gasteiger partial charge in [-0.25, -0.2) is 13.8 Å². The van der Waals surface area contributed by atoms with Crippen LogP contribution in [0.2, 0.25) is 36.3 Å². The van der Waals surface area contributed by atoms with Gasteiger partial charge in [0.25, 0.3) is 21.2 Å². The number of nitrogens with zero attached hydrogens (tertiary/aromatic N) is 4. The van der Waals surface area contributed by atoms with Crippen LogP contribution in [-0.4, -0.2) is 96.8 Å². The van der Waals surface area contributed by atoms with E-state index in [4.69, 9.17) is 28.2 Å². The molecule has 0 amide bonds. The zero-order chi connectivity index (χ0) is 43.7. The van der Waals surface area contributed by atoms with Gasteiger partial charge in [-0.3, -0.25) is 27.9 Å². The molecule has 1 spiro atoms. The predicted octanol–water partition coefficient (Wildman–Crippen LogP) is 1.89. The maximum atomic E-state index is 14.5. The van der Waals surface area contributed by atoms with Crippen molar-refractivity contribution in [3.63, 3.8) is 0 Å². The summed E-state index contributed by atoms with van der Waals surface area (Å²) in [6.07, 6.45) is -3.97. The SMILES string of the molecule is Cc1cn([C@@H]2O[C@H](CO[Si](C)(C)C(C)(C)C)[C@@]3(OS(=O)(=O)C=C3N)[C@H]2O[Si](C)(C)C(C)(C)C)c(=O)n(CCCn2c(=O)c(C)cn([C@H]3C[C@H](O)[C@@H](CO)O3)c2=O)c1=O. The number of aliphatic hydroxyl groups is 2. The van der Waals surface area contributed by atoms with Crippen LogP contribution in [0.3, 0.4) is 0 Å². The maximum absolute atomic E-state index is 14.5. The predicted molar refractivity (Wildman–Crippen MR) is 220 cm³/mol. The molecule has 21 heteroatoms. The van der Waals surface area contributed by atoms with Crippen LogP contribution in [0.4, 0.5) is 0 Å². The Morgan fingerprint density at radius 2 is 1.40 bits per heavy atom. The number of rotatable bonds is 12. The Bertz CT molecular complexity index is 2290. The standard InChI is InChI=1S/C37H61N5O13SSi2/c1-22-17-41(28-16-24(44)25(19-43)52-28)33(47)39(30(22)45)14-13-15-40-31(46)23(2)18-42(34(40)48)32-29(54-58(11,12)36(6,7)8)37(26(38)21-56(49,50)55-37)27(53-32)20-51-57(9,10)35(3,4)5/h17-18,21,24-25,27-29,32,43-44H,13-16,19-20,38H2,1-12H3/t24-,25+,27+,28+,29-,32+,37+/m0/s1. The van der Waals surface area contributed by atoms with Gasteiger partial charge in [-0.2, -0.15) is 8.42 Å². The van der Waals surface area contributed by atoms with Crippen molar-refractivity contribution in [2.45, 2.75) is 160 Å². The van der Waals surface area contributed by atoms with Crippen molar-refractivity contribution in [2.24, 2.45) is 5.73 Å². The van der Waals surface area contributed by atoms with Crippen LogP contribution >= 0.6 is 0 Å². The molecule has 2 aromatic heterocycles. The van der Waals surface area contributed by atoms with Gasteiger partial charge in [-0.15, -0.1) is 0 Å². The van der Waals surface area contributed by atoms with Crippen molar-refractivity contribution in [2.75, 3.05) is 13.2 Å². The van der Waals surface area contributed by atoms with Crippen LogP contribution in [0.1, 0.15) is 78.0 Å². The molecule has 326 valence electrons. The molecule has 0 saturated carbocycles. The number of aromatic nitrogens is 4. The summed E-state index contributed by atoms with van der Waals surface area (Å²) in [6.45, 7) is 22.2. The summed E-state index contributed by atoms with van der Waals surface area (Å²) in [7, 11) is -9.65. The van der Waals surface area contributed by atoms with Crippen molar-refractivity contribution in [1.82, 2.24) is 18.3 Å². The lowest BCUT2D eigenvalue weighted by molar-refractivity contribution is -0.0567. The third-order valence-corrected chi connectivity index (χ3v) is 22.5. The molecule has 0 unspecified atom stereocenters. The highest BCUT2D eigenvalue weighted by Crippen LogP contribution is 2.52. The lowest BCUT2D eigenvalue weighted by atomic mass is 9.89. The van der Waals surface area contributed by atoms with Gasteiger partial charge < -0.3 is 34.3 Å². The average Bonchev–Trinajstić information content (AvgIpc) is 3.70. The van der Waals surface area contributed by atoms with Gasteiger partial charge in [-0.1, -0.05) is 41.5 Å². The summed E-state index contributed by atoms with van der Waals surface area (Å²) in [5.74, 6) is 0. The van der Waals surface area contributed by atoms with E-state index in [9.17, 15) is 37.8 Å². The van der Waals surface area contributed by atoms with Gasteiger partial charge in [0, 0.05) is 43.0 Å². The Labute approximate surface area is 340 Å². The Morgan fingerprint density at radius 1 is 0.879 bits per heavy atom. The first-order valence-corrected chi connectivity index (χ1v) is 26.8. The minimum absolute atomic E-state index is 0.00993. The van der Waals surface area contributed by atoms with E-state index in [0.29, 0.717) is 0 Å². The molecule has 2 saturated heterocycles. The summed E-state index contributed by atoms with van der Waals surface area (Å²) in [6, 6.07) is 0. The number of hydrogen-bond acceptors (Lipinski definition) is 14. The second-order valence-electron chi connectivity index (χ2n) is 18.7. The highest BCUT2D eigenvalue weighted by molar-refractivity contribution is 7.90. The fraction of sp³-hybridized carbons (Fsp3) is 0.730. The molecule has 0 radical (unpaired) electrons. The molecule has 0 bridgehead atoms. The first-order chi connectivity index (χ1) is 26.5. The number of aliphatic hydroxyl groups excluding tert-OH is 2. The molecule has 3 aliphatic rings. The number of nitrogens with two attached hydrogens (primary N) is 1. The minimum Gasteiger partial charge on any atom is -0.414 e. The smallest absolute Gasteiger partial charge is 0.333 e. The minimum atomic E-state index is -4.33. The van der Waals surface area contributed by atoms with E-state index in [-0.39, 0.29) is 54.4 Å². The zero-order valence-corrected chi connectivity index (χ0v) is 38.4. The van der Waals surface area contributed by atoms with Crippen LogP contribution in [0, 0.1) is 13.8 Å². The molecule has 2 fully saturated rings. The van der Waals surface area contributed by atoms with Gasteiger partial charge >= 0.3 is 11.4 Å². The molecule has 7 atom stereocenters. The molecule has 0 aromatic carbocycles. The third-order valence-electron chi connectivity index (χ3n) is 12.5. The van der Waals surface area contributed by atoms with Gasteiger partial charge in [0.2, 0.25) is 0 Å². The van der Waals surface area contributed by atoms with Crippen molar-refractivity contribution >= 4 is 26.8 Å². The topological polar surface area (TPSA) is 235 Å². The summed E-state index contributed by atoms with van der Waals surface area (Å²) in [4.78, 5) is 54.9. The van der Waals surface area contributed by atoms with Crippen LogP contribution in [0.5, 0.6) is 0 Å². The molecular weight excluding hydrogens is 811 g/mol. The first-order valence-electron chi connectivity index (χ1n) is 19.5. The van der Waals surface area contributed by atoms with Crippen LogP contribution < -0.4 is 28.2 Å². The van der Waals surface area contributed by atoms with E-state index < -0.39 is 103 Å². The number of ether oxygens (including phenoxy) is 2. The molecule has 5 rings (SSSR count). The summed E-state index contributed by atoms with van der Waals surface area (Å²) in [5.41, 5.74) is 2.15. The van der Waals surface area contributed by atoms with Crippen molar-refractivity contribution < 1.29 is 41.1 Å². The quantitative estimate of drug-likeness (QED) is 0.204. The fourth-order valence-corrected chi connectivity index (χ4v) is 10.5. The monoisotopic (exact) mass is 871 g/mol. The fourth-order valence-electron chi connectivity index (χ4n) is 6.95. The second kappa shape index (κ2) is 15.8. The zero-order valence-electron chi connectivity index (χ0n) is 35.6. The maximum Gasteiger partial charge on any atom is 0.333 e. The van der Waals surface area contributed by atoms with E-state index in [1.807, 2.05) is 47.0 Å². The van der Waals surface area contributed by atoms with Crippen molar-refractivity contribution in [3.8, 4) is 0 Å². The van der Waals surface area contributed by atoms with Crippen LogP contribution in [0.25, 0.3) is 0 Å². The molecule has 5 heterocycles. The largest absolute Gasteiger partial charge is 0.414 e.